The van der Waals surface area contributed by atoms with Gasteiger partial charge in [-0.3, -0.25) is 0 Å². The maximum absolute atomic E-state index is 15.1. The van der Waals surface area contributed by atoms with Crippen molar-refractivity contribution in [2.24, 2.45) is 5.92 Å². The molecule has 6 heteroatoms. The molecule has 2 aromatic carbocycles. The topological polar surface area (TPSA) is 24.1 Å². The van der Waals surface area contributed by atoms with Crippen LogP contribution in [0.3, 0.4) is 0 Å². The fourth-order valence-electron chi connectivity index (χ4n) is 5.76. The molecule has 0 radical (unpaired) electrons. The first-order chi connectivity index (χ1) is 16.4. The molecule has 0 saturated heterocycles. The molecule has 34 heavy (non-hydrogen) atoms. The highest BCUT2D eigenvalue weighted by atomic mass is 19.2. The summed E-state index contributed by atoms with van der Waals surface area (Å²) in [6.45, 7) is 3.94. The highest BCUT2D eigenvalue weighted by Crippen LogP contribution is 2.41. The number of benzene rings is 2. The Morgan fingerprint density at radius 2 is 1.12 bits per heavy atom. The van der Waals surface area contributed by atoms with Crippen molar-refractivity contribution < 1.29 is 17.6 Å². The lowest BCUT2D eigenvalue weighted by Gasteiger charge is -2.30. The van der Waals surface area contributed by atoms with Gasteiger partial charge in [0.25, 0.3) is 0 Å². The normalized spacial score (nSPS) is 25.5. The molecule has 2 nitrogen and oxygen atoms in total. The Kier molecular flexibility index (Phi) is 8.30. The molecular weight excluding hydrogens is 440 g/mol. The van der Waals surface area contributed by atoms with E-state index in [4.69, 9.17) is 0 Å². The molecule has 0 aromatic heterocycles. The minimum atomic E-state index is -1.09. The SMILES string of the molecule is CNCCNC1CCC(c2ccc(-c3ccc(C4CCC(C)CC4)c(F)c3F)c(F)c2F)CC1. The van der Waals surface area contributed by atoms with Crippen molar-refractivity contribution in [3.8, 4) is 11.1 Å². The first kappa shape index (κ1) is 25.2. The van der Waals surface area contributed by atoms with Gasteiger partial charge in [-0.1, -0.05) is 44.0 Å². The molecule has 2 N–H and O–H groups in total. The average Bonchev–Trinajstić information content (AvgIpc) is 2.84. The zero-order valence-electron chi connectivity index (χ0n) is 20.2. The quantitative estimate of drug-likeness (QED) is 0.331. The third kappa shape index (κ3) is 5.33. The van der Waals surface area contributed by atoms with Crippen LogP contribution < -0.4 is 10.6 Å². The van der Waals surface area contributed by atoms with Gasteiger partial charge in [0.05, 0.1) is 0 Å². The van der Waals surface area contributed by atoms with Gasteiger partial charge >= 0.3 is 0 Å². The molecule has 4 rings (SSSR count). The molecule has 0 heterocycles. The van der Waals surface area contributed by atoms with Gasteiger partial charge in [0.15, 0.2) is 23.3 Å². The number of rotatable bonds is 7. The van der Waals surface area contributed by atoms with Crippen LogP contribution in [0.25, 0.3) is 11.1 Å². The fraction of sp³-hybridized carbons (Fsp3) is 0.571. The predicted octanol–water partition coefficient (Wildman–Crippen LogP) is 7.04. The summed E-state index contributed by atoms with van der Waals surface area (Å²) in [6, 6.07) is 6.32. The van der Waals surface area contributed by atoms with E-state index in [-0.39, 0.29) is 23.0 Å². The van der Waals surface area contributed by atoms with Crippen molar-refractivity contribution in [2.75, 3.05) is 20.1 Å². The van der Waals surface area contributed by atoms with Gasteiger partial charge in [0, 0.05) is 30.3 Å². The maximum Gasteiger partial charge on any atom is 0.167 e. The number of hydrogen-bond donors (Lipinski definition) is 2. The van der Waals surface area contributed by atoms with Crippen molar-refractivity contribution >= 4 is 0 Å². The fourth-order valence-corrected chi connectivity index (χ4v) is 5.76. The summed E-state index contributed by atoms with van der Waals surface area (Å²) in [7, 11) is 1.91. The van der Waals surface area contributed by atoms with E-state index in [2.05, 4.69) is 17.6 Å². The van der Waals surface area contributed by atoms with E-state index >= 15 is 13.2 Å². The van der Waals surface area contributed by atoms with Crippen LogP contribution in [-0.4, -0.2) is 26.2 Å². The maximum atomic E-state index is 15.1. The van der Waals surface area contributed by atoms with E-state index in [0.717, 1.165) is 64.5 Å². The molecule has 2 fully saturated rings. The second-order valence-electron chi connectivity index (χ2n) is 10.2. The predicted molar refractivity (Wildman–Crippen MR) is 129 cm³/mol. The molecule has 0 bridgehead atoms. The number of hydrogen-bond acceptors (Lipinski definition) is 2. The van der Waals surface area contributed by atoms with Crippen molar-refractivity contribution in [1.29, 1.82) is 0 Å². The Morgan fingerprint density at radius 1 is 0.647 bits per heavy atom. The average molecular weight is 477 g/mol. The molecule has 0 unspecified atom stereocenters. The van der Waals surface area contributed by atoms with Crippen molar-refractivity contribution in [1.82, 2.24) is 10.6 Å². The monoisotopic (exact) mass is 476 g/mol. The van der Waals surface area contributed by atoms with Crippen molar-refractivity contribution in [2.45, 2.75) is 76.2 Å². The molecular formula is C28H36F4N2. The third-order valence-electron chi connectivity index (χ3n) is 7.95. The number of halogens is 4. The Balaban J connectivity index is 1.51. The lowest BCUT2D eigenvalue weighted by molar-refractivity contribution is 0.336. The van der Waals surface area contributed by atoms with Crippen molar-refractivity contribution in [3.63, 3.8) is 0 Å². The highest BCUT2D eigenvalue weighted by Gasteiger charge is 2.29. The van der Waals surface area contributed by atoms with Crippen LogP contribution in [0.5, 0.6) is 0 Å². The van der Waals surface area contributed by atoms with Gasteiger partial charge in [-0.25, -0.2) is 17.6 Å². The smallest absolute Gasteiger partial charge is 0.167 e. The Morgan fingerprint density at radius 3 is 1.59 bits per heavy atom. The van der Waals surface area contributed by atoms with E-state index in [9.17, 15) is 4.39 Å². The van der Waals surface area contributed by atoms with E-state index in [1.54, 1.807) is 12.1 Å². The lowest BCUT2D eigenvalue weighted by atomic mass is 9.79. The van der Waals surface area contributed by atoms with Crippen molar-refractivity contribution in [3.05, 3.63) is 58.7 Å². The third-order valence-corrected chi connectivity index (χ3v) is 7.95. The van der Waals surface area contributed by atoms with Crippen LogP contribution in [0, 0.1) is 29.2 Å². The summed E-state index contributed by atoms with van der Waals surface area (Å²) in [5, 5.41) is 6.58. The van der Waals surface area contributed by atoms with E-state index in [0.29, 0.717) is 23.1 Å². The Labute approximate surface area is 200 Å². The van der Waals surface area contributed by atoms with E-state index in [1.807, 2.05) is 7.05 Å². The second kappa shape index (κ2) is 11.2. The summed E-state index contributed by atoms with van der Waals surface area (Å²) < 4.78 is 60.2. The van der Waals surface area contributed by atoms with Gasteiger partial charge in [-0.15, -0.1) is 0 Å². The van der Waals surface area contributed by atoms with E-state index in [1.165, 1.54) is 12.1 Å². The van der Waals surface area contributed by atoms with Crippen LogP contribution in [-0.2, 0) is 0 Å². The Bertz CT molecular complexity index is 977. The van der Waals surface area contributed by atoms with Gasteiger partial charge in [-0.2, -0.15) is 0 Å². The largest absolute Gasteiger partial charge is 0.318 e. The summed E-state index contributed by atoms with van der Waals surface area (Å²) in [6.07, 6.45) is 6.96. The molecule has 2 saturated carbocycles. The van der Waals surface area contributed by atoms with Crippen LogP contribution in [0.15, 0.2) is 24.3 Å². The van der Waals surface area contributed by atoms with Crippen LogP contribution in [0.1, 0.15) is 81.3 Å². The van der Waals surface area contributed by atoms with Crippen LogP contribution in [0.2, 0.25) is 0 Å². The zero-order chi connectivity index (χ0) is 24.2. The summed E-state index contributed by atoms with van der Waals surface area (Å²) in [5.74, 6) is -3.53. The molecule has 0 spiro atoms. The van der Waals surface area contributed by atoms with E-state index < -0.39 is 23.3 Å². The summed E-state index contributed by atoms with van der Waals surface area (Å²) >= 11 is 0. The first-order valence-electron chi connectivity index (χ1n) is 12.7. The molecule has 0 aliphatic heterocycles. The standard InChI is InChI=1S/C28H36F4N2/c1-17-3-5-18(6-4-17)21-11-13-23(27(31)25(21)29)24-14-12-22(26(30)28(24)32)19-7-9-20(10-8-19)34-16-15-33-2/h11-14,17-20,33-34H,3-10,15-16H2,1-2H3. The summed E-state index contributed by atoms with van der Waals surface area (Å²) in [4.78, 5) is 0. The highest BCUT2D eigenvalue weighted by molar-refractivity contribution is 5.66. The van der Waals surface area contributed by atoms with Crippen LogP contribution >= 0.6 is 0 Å². The first-order valence-corrected chi connectivity index (χ1v) is 12.7. The molecule has 2 aliphatic carbocycles. The minimum Gasteiger partial charge on any atom is -0.318 e. The van der Waals surface area contributed by atoms with Gasteiger partial charge < -0.3 is 10.6 Å². The molecule has 2 aromatic rings. The number of likely N-dealkylation sites (N-methyl/N-ethyl adjacent to an activating group) is 1. The van der Waals surface area contributed by atoms with Gasteiger partial charge in [0.2, 0.25) is 0 Å². The van der Waals surface area contributed by atoms with Crippen LogP contribution in [0.4, 0.5) is 17.6 Å². The lowest BCUT2D eigenvalue weighted by Crippen LogP contribution is -2.36. The zero-order valence-corrected chi connectivity index (χ0v) is 20.2. The molecule has 2 aliphatic rings. The molecule has 0 atom stereocenters. The molecule has 0 amide bonds. The van der Waals surface area contributed by atoms with Gasteiger partial charge in [0.1, 0.15) is 0 Å². The summed E-state index contributed by atoms with van der Waals surface area (Å²) in [5.41, 5.74) is 0.254. The second-order valence-corrected chi connectivity index (χ2v) is 10.2. The molecule has 186 valence electrons. The minimum absolute atomic E-state index is 0.0217. The Hall–Kier alpha value is -1.92. The number of nitrogens with one attached hydrogen (secondary N) is 2. The van der Waals surface area contributed by atoms with Gasteiger partial charge in [-0.05, 0) is 74.5 Å².